The summed E-state index contributed by atoms with van der Waals surface area (Å²) in [6.07, 6.45) is 8.82. The monoisotopic (exact) mass is 402 g/mol. The van der Waals surface area contributed by atoms with Crippen LogP contribution in [0.4, 0.5) is 0 Å². The summed E-state index contributed by atoms with van der Waals surface area (Å²) < 4.78 is 0. The first-order chi connectivity index (χ1) is 14.0. The Morgan fingerprint density at radius 1 is 1.21 bits per heavy atom. The van der Waals surface area contributed by atoms with Gasteiger partial charge in [-0.05, 0) is 62.8 Å². The van der Waals surface area contributed by atoms with E-state index in [-0.39, 0.29) is 41.2 Å². The number of Topliss-reactive ketones (excluding diaryl/α,β-unsaturated/α-hetero) is 2. The van der Waals surface area contributed by atoms with E-state index in [1.54, 1.807) is 0 Å². The van der Waals surface area contributed by atoms with Crippen molar-refractivity contribution in [1.82, 2.24) is 10.8 Å². The van der Waals surface area contributed by atoms with Gasteiger partial charge in [-0.2, -0.15) is 0 Å². The Hall–Kier alpha value is -1.24. The molecule has 0 aromatic carbocycles. The number of aliphatic hydroxyl groups excluding tert-OH is 1. The zero-order valence-corrected chi connectivity index (χ0v) is 17.4. The molecular formula is C23H34N2O4. The van der Waals surface area contributed by atoms with Crippen LogP contribution in [0.2, 0.25) is 0 Å². The van der Waals surface area contributed by atoms with Crippen LogP contribution in [0, 0.1) is 34.5 Å². The van der Waals surface area contributed by atoms with E-state index in [4.69, 9.17) is 4.84 Å². The molecule has 5 rings (SSSR count). The third-order valence-electron chi connectivity index (χ3n) is 9.18. The van der Waals surface area contributed by atoms with Crippen LogP contribution in [0.3, 0.4) is 0 Å². The molecule has 0 amide bonds. The van der Waals surface area contributed by atoms with Gasteiger partial charge >= 0.3 is 0 Å². The van der Waals surface area contributed by atoms with Gasteiger partial charge in [-0.1, -0.05) is 13.0 Å². The number of allylic oxidation sites excluding steroid dienone is 2. The van der Waals surface area contributed by atoms with Crippen molar-refractivity contribution in [1.29, 1.82) is 0 Å². The van der Waals surface area contributed by atoms with Crippen LogP contribution < -0.4 is 10.8 Å². The van der Waals surface area contributed by atoms with Crippen LogP contribution in [0.15, 0.2) is 11.8 Å². The van der Waals surface area contributed by atoms with Gasteiger partial charge in [0.25, 0.3) is 0 Å². The van der Waals surface area contributed by atoms with E-state index >= 15 is 0 Å². The smallest absolute Gasteiger partial charge is 0.140 e. The highest BCUT2D eigenvalue weighted by molar-refractivity contribution is 5.88. The number of hydrogen-bond acceptors (Lipinski definition) is 6. The van der Waals surface area contributed by atoms with Crippen LogP contribution in [0.1, 0.15) is 58.3 Å². The highest BCUT2D eigenvalue weighted by Gasteiger charge is 2.62. The van der Waals surface area contributed by atoms with Crippen LogP contribution in [-0.2, 0) is 14.4 Å². The molecule has 4 aliphatic carbocycles. The van der Waals surface area contributed by atoms with E-state index in [2.05, 4.69) is 17.7 Å². The maximum Gasteiger partial charge on any atom is 0.140 e. The van der Waals surface area contributed by atoms with Gasteiger partial charge in [-0.15, -0.1) is 0 Å². The van der Waals surface area contributed by atoms with Gasteiger partial charge in [-0.3, -0.25) is 19.9 Å². The molecule has 0 bridgehead atoms. The number of hydroxylamine groups is 1. The van der Waals surface area contributed by atoms with Gasteiger partial charge in [-0.25, -0.2) is 0 Å². The van der Waals surface area contributed by atoms with E-state index in [0.29, 0.717) is 30.5 Å². The largest absolute Gasteiger partial charge is 0.396 e. The Morgan fingerprint density at radius 3 is 2.83 bits per heavy atom. The van der Waals surface area contributed by atoms with Crippen molar-refractivity contribution < 1.29 is 19.5 Å². The van der Waals surface area contributed by atoms with Crippen LogP contribution >= 0.6 is 0 Å². The van der Waals surface area contributed by atoms with Crippen molar-refractivity contribution in [2.75, 3.05) is 19.7 Å². The maximum absolute atomic E-state index is 13.3. The van der Waals surface area contributed by atoms with Gasteiger partial charge in [0.1, 0.15) is 11.6 Å². The lowest BCUT2D eigenvalue weighted by Crippen LogP contribution is -2.58. The number of hydrogen-bond donors (Lipinski definition) is 3. The number of nitrogens with one attached hydrogen (secondary N) is 2. The van der Waals surface area contributed by atoms with E-state index in [9.17, 15) is 14.7 Å². The van der Waals surface area contributed by atoms with Crippen molar-refractivity contribution in [2.45, 2.75) is 64.4 Å². The highest BCUT2D eigenvalue weighted by atomic mass is 16.7. The zero-order chi connectivity index (χ0) is 20.2. The van der Waals surface area contributed by atoms with E-state index in [1.807, 2.05) is 6.08 Å². The topological polar surface area (TPSA) is 87.7 Å². The minimum absolute atomic E-state index is 0.0547. The quantitative estimate of drug-likeness (QED) is 0.625. The fraction of sp³-hybridized carbons (Fsp3) is 0.826. The van der Waals surface area contributed by atoms with Crippen LogP contribution in [0.5, 0.6) is 0 Å². The molecule has 1 heterocycles. The van der Waals surface area contributed by atoms with Gasteiger partial charge in [0, 0.05) is 48.4 Å². The van der Waals surface area contributed by atoms with E-state index in [1.165, 1.54) is 0 Å². The van der Waals surface area contributed by atoms with Crippen molar-refractivity contribution >= 4 is 11.6 Å². The Labute approximate surface area is 172 Å². The molecule has 0 aromatic rings. The number of fused-ring (bicyclic) bond motifs is 5. The van der Waals surface area contributed by atoms with E-state index in [0.717, 1.165) is 57.3 Å². The minimum Gasteiger partial charge on any atom is -0.396 e. The molecule has 3 N–H and O–H groups in total. The molecule has 0 radical (unpaired) electrons. The lowest BCUT2D eigenvalue weighted by molar-refractivity contribution is -0.157. The second-order valence-corrected chi connectivity index (χ2v) is 10.4. The molecule has 7 atom stereocenters. The number of aliphatic hydroxyl groups is 1. The molecule has 29 heavy (non-hydrogen) atoms. The summed E-state index contributed by atoms with van der Waals surface area (Å²) in [6, 6.07) is 0. The predicted octanol–water partition coefficient (Wildman–Crippen LogP) is 2.13. The predicted molar refractivity (Wildman–Crippen MR) is 107 cm³/mol. The summed E-state index contributed by atoms with van der Waals surface area (Å²) in [5, 5.41) is 13.9. The summed E-state index contributed by atoms with van der Waals surface area (Å²) in [4.78, 5) is 31.7. The van der Waals surface area contributed by atoms with Gasteiger partial charge < -0.3 is 10.4 Å². The van der Waals surface area contributed by atoms with Crippen molar-refractivity contribution in [3.63, 3.8) is 0 Å². The SMILES string of the molecule is CC12CCC3C(CC(=O)C4C=C(NOC5CCNC5)CCC43CO)C1CCC2=O. The molecule has 1 aliphatic heterocycles. The van der Waals surface area contributed by atoms with Crippen molar-refractivity contribution in [2.24, 2.45) is 34.5 Å². The molecular weight excluding hydrogens is 368 g/mol. The van der Waals surface area contributed by atoms with E-state index < -0.39 is 0 Å². The Kier molecular flexibility index (Phi) is 4.87. The Bertz CT molecular complexity index is 730. The molecule has 6 nitrogen and oxygen atoms in total. The van der Waals surface area contributed by atoms with Crippen LogP contribution in [0.25, 0.3) is 0 Å². The van der Waals surface area contributed by atoms with Gasteiger partial charge in [0.2, 0.25) is 0 Å². The van der Waals surface area contributed by atoms with Crippen molar-refractivity contribution in [3.05, 3.63) is 11.8 Å². The Morgan fingerprint density at radius 2 is 2.07 bits per heavy atom. The standard InChI is InChI=1S/C23H34N2O4/c1-22-7-5-18-16(17(22)2-3-21(22)28)11-20(27)19-10-14(4-8-23(18,19)13-26)25-29-15-6-9-24-12-15/h10,15-19,24-26H,2-9,11-13H2,1H3. The first-order valence-electron chi connectivity index (χ1n) is 11.5. The summed E-state index contributed by atoms with van der Waals surface area (Å²) in [6.45, 7) is 4.01. The summed E-state index contributed by atoms with van der Waals surface area (Å²) >= 11 is 0. The molecule has 0 aromatic heterocycles. The minimum atomic E-state index is -0.368. The number of ketones is 2. The highest BCUT2D eigenvalue weighted by Crippen LogP contribution is 2.64. The molecule has 6 heteroatoms. The van der Waals surface area contributed by atoms with Gasteiger partial charge in [0.05, 0.1) is 6.10 Å². The first kappa shape index (κ1) is 19.7. The molecule has 7 unspecified atom stereocenters. The molecule has 1 saturated heterocycles. The van der Waals surface area contributed by atoms with Crippen LogP contribution in [-0.4, -0.2) is 42.5 Å². The first-order valence-corrected chi connectivity index (χ1v) is 11.5. The lowest BCUT2D eigenvalue weighted by atomic mass is 9.45. The second-order valence-electron chi connectivity index (χ2n) is 10.4. The fourth-order valence-electron chi connectivity index (χ4n) is 7.49. The second kappa shape index (κ2) is 7.17. The molecule has 160 valence electrons. The third kappa shape index (κ3) is 2.94. The van der Waals surface area contributed by atoms with Gasteiger partial charge in [0.15, 0.2) is 0 Å². The summed E-state index contributed by atoms with van der Waals surface area (Å²) in [7, 11) is 0. The molecule has 0 spiro atoms. The maximum atomic E-state index is 13.3. The molecule has 5 aliphatic rings. The molecule has 3 saturated carbocycles. The normalized spacial score (nSPS) is 46.7. The summed E-state index contributed by atoms with van der Waals surface area (Å²) in [5.74, 6) is 1.28. The molecule has 4 fully saturated rings. The number of rotatable bonds is 4. The number of carbonyl (C=O) groups excluding carboxylic acids is 2. The van der Waals surface area contributed by atoms with Crippen molar-refractivity contribution in [3.8, 4) is 0 Å². The average molecular weight is 403 g/mol. The average Bonchev–Trinajstić information content (AvgIpc) is 3.35. The zero-order valence-electron chi connectivity index (χ0n) is 17.4. The lowest BCUT2D eigenvalue weighted by Gasteiger charge is -2.58. The Balaban J connectivity index is 1.39. The third-order valence-corrected chi connectivity index (χ3v) is 9.18. The fourth-order valence-corrected chi connectivity index (χ4v) is 7.49. The summed E-state index contributed by atoms with van der Waals surface area (Å²) in [5.41, 5.74) is 3.49. The number of carbonyl (C=O) groups is 2.